The van der Waals surface area contributed by atoms with Crippen molar-refractivity contribution >= 4 is 28.3 Å². The summed E-state index contributed by atoms with van der Waals surface area (Å²) in [6.45, 7) is 3.78. The van der Waals surface area contributed by atoms with Gasteiger partial charge in [-0.05, 0) is 38.3 Å². The molecule has 8 heteroatoms. The predicted molar refractivity (Wildman–Crippen MR) is 75.1 cm³/mol. The Bertz CT molecular complexity index is 462. The van der Waals surface area contributed by atoms with Crippen molar-refractivity contribution in [1.82, 2.24) is 15.0 Å². The zero-order chi connectivity index (χ0) is 13.8. The molecule has 106 valence electrons. The molecule has 1 N–H and O–H groups in total. The second kappa shape index (κ2) is 6.47. The van der Waals surface area contributed by atoms with Gasteiger partial charge in [0.05, 0.1) is 6.10 Å². The highest BCUT2D eigenvalue weighted by molar-refractivity contribution is 7.85. The Balaban J connectivity index is 2.03. The van der Waals surface area contributed by atoms with E-state index in [1.165, 1.54) is 0 Å². The molecule has 0 saturated carbocycles. The molecular weight excluding hydrogens is 288 g/mol. The summed E-state index contributed by atoms with van der Waals surface area (Å²) < 4.78 is 16.7. The van der Waals surface area contributed by atoms with Crippen LogP contribution in [-0.4, -0.2) is 42.8 Å². The molecule has 19 heavy (non-hydrogen) atoms. The Labute approximate surface area is 119 Å². The number of nitrogens with zero attached hydrogens (tertiary/aromatic N) is 3. The molecule has 2 rings (SSSR count). The number of hydrogen-bond acceptors (Lipinski definition) is 6. The van der Waals surface area contributed by atoms with Gasteiger partial charge in [0.1, 0.15) is 0 Å². The summed E-state index contributed by atoms with van der Waals surface area (Å²) in [6, 6.07) is 0.444. The van der Waals surface area contributed by atoms with Crippen molar-refractivity contribution in [2.24, 2.45) is 0 Å². The van der Waals surface area contributed by atoms with Crippen LogP contribution >= 0.6 is 11.6 Å². The number of aromatic nitrogens is 3. The van der Waals surface area contributed by atoms with Crippen molar-refractivity contribution in [3.63, 3.8) is 0 Å². The van der Waals surface area contributed by atoms with Crippen LogP contribution in [0.5, 0.6) is 6.01 Å². The number of halogens is 1. The van der Waals surface area contributed by atoms with Crippen LogP contribution in [0.3, 0.4) is 0 Å². The molecule has 6 nitrogen and oxygen atoms in total. The average Bonchev–Trinajstić information content (AvgIpc) is 2.30. The minimum absolute atomic E-state index is 0.0246. The molecule has 0 amide bonds. The smallest absolute Gasteiger partial charge is 0.322 e. The van der Waals surface area contributed by atoms with E-state index in [9.17, 15) is 4.21 Å². The average molecular weight is 305 g/mol. The number of ether oxygens (including phenoxy) is 1. The topological polar surface area (TPSA) is 77.0 Å². The van der Waals surface area contributed by atoms with Crippen molar-refractivity contribution in [2.75, 3.05) is 16.8 Å². The molecule has 0 atom stereocenters. The fourth-order valence-electron chi connectivity index (χ4n) is 1.78. The summed E-state index contributed by atoms with van der Waals surface area (Å²) >= 11 is 5.84. The van der Waals surface area contributed by atoms with Gasteiger partial charge in [0.15, 0.2) is 0 Å². The normalized spacial score (nSPS) is 23.4. The van der Waals surface area contributed by atoms with Crippen LogP contribution in [0, 0.1) is 0 Å². The van der Waals surface area contributed by atoms with E-state index in [0.29, 0.717) is 17.5 Å². The summed E-state index contributed by atoms with van der Waals surface area (Å²) in [6.07, 6.45) is 1.66. The third kappa shape index (κ3) is 4.58. The van der Waals surface area contributed by atoms with Crippen LogP contribution in [0.1, 0.15) is 26.7 Å². The first-order chi connectivity index (χ1) is 9.02. The Morgan fingerprint density at radius 3 is 2.63 bits per heavy atom. The van der Waals surface area contributed by atoms with Gasteiger partial charge in [-0.2, -0.15) is 15.0 Å². The van der Waals surface area contributed by atoms with E-state index in [-0.39, 0.29) is 23.4 Å². The summed E-state index contributed by atoms with van der Waals surface area (Å²) in [5.41, 5.74) is 0. The van der Waals surface area contributed by atoms with E-state index in [4.69, 9.17) is 16.3 Å². The Kier molecular flexibility index (Phi) is 4.93. The molecular formula is C11H17ClN4O2S. The molecule has 1 aromatic rings. The first-order valence-electron chi connectivity index (χ1n) is 6.22. The molecule has 1 aliphatic rings. The van der Waals surface area contributed by atoms with Crippen LogP contribution in [0.25, 0.3) is 0 Å². The van der Waals surface area contributed by atoms with Crippen molar-refractivity contribution in [3.05, 3.63) is 5.28 Å². The number of nitrogens with one attached hydrogen (secondary N) is 1. The van der Waals surface area contributed by atoms with Gasteiger partial charge >= 0.3 is 6.01 Å². The van der Waals surface area contributed by atoms with Gasteiger partial charge < -0.3 is 10.1 Å². The molecule has 2 heterocycles. The first kappa shape index (κ1) is 14.5. The van der Waals surface area contributed by atoms with E-state index >= 15 is 0 Å². The monoisotopic (exact) mass is 304 g/mol. The maximum atomic E-state index is 11.3. The lowest BCUT2D eigenvalue weighted by molar-refractivity contribution is 0.222. The molecule has 1 aromatic heterocycles. The highest BCUT2D eigenvalue weighted by atomic mass is 35.5. The minimum atomic E-state index is -0.679. The van der Waals surface area contributed by atoms with E-state index in [1.807, 2.05) is 13.8 Å². The maximum Gasteiger partial charge on any atom is 0.322 e. The fourth-order valence-corrected chi connectivity index (χ4v) is 3.23. The quantitative estimate of drug-likeness (QED) is 0.911. The Morgan fingerprint density at radius 1 is 1.32 bits per heavy atom. The molecule has 1 aliphatic heterocycles. The van der Waals surface area contributed by atoms with Crippen molar-refractivity contribution in [2.45, 2.75) is 38.8 Å². The van der Waals surface area contributed by atoms with E-state index in [1.54, 1.807) is 0 Å². The van der Waals surface area contributed by atoms with Crippen LogP contribution in [0.2, 0.25) is 5.28 Å². The summed E-state index contributed by atoms with van der Waals surface area (Å²) in [5, 5.41) is 3.30. The van der Waals surface area contributed by atoms with E-state index in [2.05, 4.69) is 20.3 Å². The Hall–Kier alpha value is -0.950. The second-order valence-electron chi connectivity index (χ2n) is 4.64. The lowest BCUT2D eigenvalue weighted by Crippen LogP contribution is -2.30. The highest BCUT2D eigenvalue weighted by Crippen LogP contribution is 2.17. The van der Waals surface area contributed by atoms with Crippen molar-refractivity contribution in [1.29, 1.82) is 0 Å². The van der Waals surface area contributed by atoms with Gasteiger partial charge in [0, 0.05) is 28.3 Å². The van der Waals surface area contributed by atoms with Crippen LogP contribution < -0.4 is 10.1 Å². The van der Waals surface area contributed by atoms with Gasteiger partial charge in [-0.15, -0.1) is 0 Å². The lowest BCUT2D eigenvalue weighted by atomic mass is 10.2. The zero-order valence-corrected chi connectivity index (χ0v) is 12.5. The minimum Gasteiger partial charge on any atom is -0.461 e. The Morgan fingerprint density at radius 2 is 2.00 bits per heavy atom. The standard InChI is InChI=1S/C11H17ClN4O2S/c1-7(2)18-11-15-9(12)14-10(16-11)13-8-3-5-19(17)6-4-8/h7-8H,3-6H2,1-2H3,(H,13,14,15,16). The third-order valence-corrected chi connectivity index (χ3v) is 4.20. The number of anilines is 1. The molecule has 1 fully saturated rings. The lowest BCUT2D eigenvalue weighted by Gasteiger charge is -2.22. The predicted octanol–water partition coefficient (Wildman–Crippen LogP) is 1.64. The van der Waals surface area contributed by atoms with Crippen LogP contribution in [-0.2, 0) is 10.8 Å². The number of rotatable bonds is 4. The maximum absolute atomic E-state index is 11.3. The van der Waals surface area contributed by atoms with E-state index < -0.39 is 10.8 Å². The first-order valence-corrected chi connectivity index (χ1v) is 8.09. The molecule has 0 aromatic carbocycles. The third-order valence-electron chi connectivity index (χ3n) is 2.65. The van der Waals surface area contributed by atoms with Gasteiger partial charge in [-0.3, -0.25) is 4.21 Å². The molecule has 0 radical (unpaired) electrons. The summed E-state index contributed by atoms with van der Waals surface area (Å²) in [4.78, 5) is 12.1. The van der Waals surface area contributed by atoms with Crippen LogP contribution in [0.15, 0.2) is 0 Å². The highest BCUT2D eigenvalue weighted by Gasteiger charge is 2.19. The second-order valence-corrected chi connectivity index (χ2v) is 6.68. The van der Waals surface area contributed by atoms with Crippen molar-refractivity contribution < 1.29 is 8.95 Å². The van der Waals surface area contributed by atoms with Gasteiger partial charge in [0.2, 0.25) is 11.2 Å². The largest absolute Gasteiger partial charge is 0.461 e. The zero-order valence-electron chi connectivity index (χ0n) is 10.9. The van der Waals surface area contributed by atoms with Gasteiger partial charge in [-0.25, -0.2) is 0 Å². The van der Waals surface area contributed by atoms with Gasteiger partial charge in [0.25, 0.3) is 0 Å². The van der Waals surface area contributed by atoms with E-state index in [0.717, 1.165) is 12.8 Å². The molecule has 0 aliphatic carbocycles. The molecule has 1 saturated heterocycles. The summed E-state index contributed by atoms with van der Waals surface area (Å²) in [5.74, 6) is 1.84. The fraction of sp³-hybridized carbons (Fsp3) is 0.727. The van der Waals surface area contributed by atoms with Crippen molar-refractivity contribution in [3.8, 4) is 6.01 Å². The van der Waals surface area contributed by atoms with Gasteiger partial charge in [-0.1, -0.05) is 0 Å². The molecule has 0 unspecified atom stereocenters. The van der Waals surface area contributed by atoms with Crippen LogP contribution in [0.4, 0.5) is 5.95 Å². The molecule has 0 bridgehead atoms. The summed E-state index contributed by atoms with van der Waals surface area (Å²) in [7, 11) is -0.679. The molecule has 0 spiro atoms. The number of hydrogen-bond donors (Lipinski definition) is 1. The SMILES string of the molecule is CC(C)Oc1nc(Cl)nc(NC2CCS(=O)CC2)n1.